The van der Waals surface area contributed by atoms with Gasteiger partial charge in [-0.1, -0.05) is 30.3 Å². The Balaban J connectivity index is 1.45. The summed E-state index contributed by atoms with van der Waals surface area (Å²) in [6.45, 7) is 4.19. The fraction of sp³-hybridized carbons (Fsp3) is 0.160. The minimum atomic E-state index is -0.693. The Hall–Kier alpha value is -4.60. The van der Waals surface area contributed by atoms with Gasteiger partial charge in [-0.05, 0) is 43.7 Å². The van der Waals surface area contributed by atoms with Crippen molar-refractivity contribution in [2.45, 2.75) is 20.3 Å². The summed E-state index contributed by atoms with van der Waals surface area (Å²) in [7, 11) is 0. The smallest absolute Gasteiger partial charge is 0.278 e. The minimum Gasteiger partial charge on any atom is -0.454 e. The summed E-state index contributed by atoms with van der Waals surface area (Å²) in [5.74, 6) is -1.36. The molecule has 0 radical (unpaired) electrons. The third-order valence-corrected chi connectivity index (χ3v) is 5.03. The molecule has 0 saturated heterocycles. The molecule has 0 atom stereocenters. The lowest BCUT2D eigenvalue weighted by molar-refractivity contribution is 0.0947. The van der Waals surface area contributed by atoms with E-state index in [0.29, 0.717) is 12.2 Å². The number of carbonyl (C=O) groups excluding carboxylic acids is 2. The number of ether oxygens (including phenoxy) is 1. The van der Waals surface area contributed by atoms with Crippen molar-refractivity contribution in [2.24, 2.45) is 0 Å². The molecule has 0 bridgehead atoms. The second kappa shape index (κ2) is 10.6. The maximum Gasteiger partial charge on any atom is 0.278 e. The van der Waals surface area contributed by atoms with Crippen LogP contribution in [0, 0.1) is 12.7 Å². The molecule has 2 N–H and O–H groups in total. The summed E-state index contributed by atoms with van der Waals surface area (Å²) in [6, 6.07) is 16.3. The van der Waals surface area contributed by atoms with E-state index in [1.54, 1.807) is 11.6 Å². The molecular formula is C25H23FN6O3. The van der Waals surface area contributed by atoms with E-state index in [2.05, 4.69) is 25.9 Å². The number of nitrogens with zero attached hydrogens (tertiary/aromatic N) is 4. The molecule has 0 fully saturated rings. The molecule has 4 aromatic rings. The Bertz CT molecular complexity index is 1360. The molecule has 0 aliphatic carbocycles. The van der Waals surface area contributed by atoms with E-state index >= 15 is 0 Å². The lowest BCUT2D eigenvalue weighted by atomic mass is 10.2. The van der Waals surface area contributed by atoms with Gasteiger partial charge in [0.05, 0.1) is 11.4 Å². The van der Waals surface area contributed by atoms with Crippen molar-refractivity contribution < 1.29 is 18.7 Å². The number of benzene rings is 2. The highest BCUT2D eigenvalue weighted by Gasteiger charge is 2.18. The molecule has 2 amide bonds. The number of halogens is 1. The zero-order chi connectivity index (χ0) is 24.8. The molecule has 0 unspecified atom stereocenters. The monoisotopic (exact) mass is 474 g/mol. The van der Waals surface area contributed by atoms with Crippen LogP contribution >= 0.6 is 0 Å². The lowest BCUT2D eigenvalue weighted by Crippen LogP contribution is -2.24. The SMILES string of the molecule is CCCNC(=O)c1cc(Oc2ccc(NC(=O)c3nnn(-c4ccccc4)c3C)cc2F)ccn1. The normalized spacial score (nSPS) is 10.6. The molecule has 2 heterocycles. The zero-order valence-electron chi connectivity index (χ0n) is 19.2. The van der Waals surface area contributed by atoms with E-state index in [4.69, 9.17) is 4.74 Å². The zero-order valence-corrected chi connectivity index (χ0v) is 19.2. The quantitative estimate of drug-likeness (QED) is 0.394. The number of hydrogen-bond donors (Lipinski definition) is 2. The van der Waals surface area contributed by atoms with Gasteiger partial charge in [0.1, 0.15) is 11.4 Å². The maximum absolute atomic E-state index is 14.7. The van der Waals surface area contributed by atoms with Crippen molar-refractivity contribution in [1.82, 2.24) is 25.3 Å². The van der Waals surface area contributed by atoms with E-state index in [9.17, 15) is 14.0 Å². The first-order valence-corrected chi connectivity index (χ1v) is 11.0. The van der Waals surface area contributed by atoms with E-state index in [0.717, 1.165) is 18.2 Å². The highest BCUT2D eigenvalue weighted by atomic mass is 19.1. The third-order valence-electron chi connectivity index (χ3n) is 5.03. The average Bonchev–Trinajstić information content (AvgIpc) is 3.26. The molecule has 10 heteroatoms. The van der Waals surface area contributed by atoms with Gasteiger partial charge in [0.25, 0.3) is 11.8 Å². The van der Waals surface area contributed by atoms with Gasteiger partial charge in [0, 0.05) is 30.6 Å². The Kier molecular flexibility index (Phi) is 7.10. The largest absolute Gasteiger partial charge is 0.454 e. The molecule has 2 aromatic heterocycles. The topological polar surface area (TPSA) is 111 Å². The van der Waals surface area contributed by atoms with Gasteiger partial charge in [-0.2, -0.15) is 0 Å². The number of aromatic nitrogens is 4. The second-order valence-corrected chi connectivity index (χ2v) is 7.60. The number of anilines is 1. The number of hydrogen-bond acceptors (Lipinski definition) is 6. The number of amides is 2. The van der Waals surface area contributed by atoms with Gasteiger partial charge in [-0.3, -0.25) is 14.6 Å². The molecule has 0 spiro atoms. The Morgan fingerprint density at radius 2 is 1.86 bits per heavy atom. The average molecular weight is 474 g/mol. The number of pyridine rings is 1. The predicted octanol–water partition coefficient (Wildman–Crippen LogP) is 4.29. The van der Waals surface area contributed by atoms with Crippen molar-refractivity contribution in [1.29, 1.82) is 0 Å². The second-order valence-electron chi connectivity index (χ2n) is 7.60. The summed E-state index contributed by atoms with van der Waals surface area (Å²) in [4.78, 5) is 28.8. The van der Waals surface area contributed by atoms with Crippen molar-refractivity contribution in [3.05, 3.63) is 89.8 Å². The van der Waals surface area contributed by atoms with Crippen molar-refractivity contribution >= 4 is 17.5 Å². The summed E-state index contributed by atoms with van der Waals surface area (Å²) >= 11 is 0. The van der Waals surface area contributed by atoms with Crippen LogP contribution in [0.1, 0.15) is 40.0 Å². The minimum absolute atomic E-state index is 0.0691. The van der Waals surface area contributed by atoms with Gasteiger partial charge >= 0.3 is 0 Å². The molecule has 0 saturated carbocycles. The Morgan fingerprint density at radius 3 is 2.60 bits per heavy atom. The van der Waals surface area contributed by atoms with E-state index in [1.807, 2.05) is 37.3 Å². The Labute approximate surface area is 201 Å². The van der Waals surface area contributed by atoms with Crippen LogP contribution in [0.25, 0.3) is 5.69 Å². The molecule has 178 valence electrons. The van der Waals surface area contributed by atoms with Gasteiger partial charge < -0.3 is 15.4 Å². The van der Waals surface area contributed by atoms with Crippen LogP contribution in [0.5, 0.6) is 11.5 Å². The van der Waals surface area contributed by atoms with Crippen LogP contribution in [0.15, 0.2) is 66.9 Å². The van der Waals surface area contributed by atoms with Crippen LogP contribution < -0.4 is 15.4 Å². The molecule has 0 aliphatic heterocycles. The fourth-order valence-electron chi connectivity index (χ4n) is 3.26. The standard InChI is InChI=1S/C25H23FN6O3/c1-3-12-28-24(33)21-15-19(11-13-27-21)35-22-10-9-17(14-20(22)26)29-25(34)23-16(2)32(31-30-23)18-7-5-4-6-8-18/h4-11,13-15H,3,12H2,1-2H3,(H,28,33)(H,29,34). The number of carbonyl (C=O) groups is 2. The molecular weight excluding hydrogens is 451 g/mol. The van der Waals surface area contributed by atoms with E-state index < -0.39 is 11.7 Å². The van der Waals surface area contributed by atoms with Crippen LogP contribution in [-0.4, -0.2) is 38.3 Å². The summed E-state index contributed by atoms with van der Waals surface area (Å²) in [5, 5.41) is 13.4. The predicted molar refractivity (Wildman–Crippen MR) is 127 cm³/mol. The van der Waals surface area contributed by atoms with Crippen molar-refractivity contribution in [3.8, 4) is 17.2 Å². The number of para-hydroxylation sites is 1. The molecule has 35 heavy (non-hydrogen) atoms. The molecule has 4 rings (SSSR count). The number of rotatable bonds is 8. The maximum atomic E-state index is 14.7. The van der Waals surface area contributed by atoms with Gasteiger partial charge in [0.2, 0.25) is 0 Å². The fourth-order valence-corrected chi connectivity index (χ4v) is 3.26. The van der Waals surface area contributed by atoms with Crippen LogP contribution in [0.3, 0.4) is 0 Å². The molecule has 9 nitrogen and oxygen atoms in total. The van der Waals surface area contributed by atoms with Gasteiger partial charge in [-0.15, -0.1) is 5.10 Å². The van der Waals surface area contributed by atoms with Crippen LogP contribution in [0.4, 0.5) is 10.1 Å². The van der Waals surface area contributed by atoms with Crippen molar-refractivity contribution in [3.63, 3.8) is 0 Å². The summed E-state index contributed by atoms with van der Waals surface area (Å²) < 4.78 is 21.9. The first-order chi connectivity index (χ1) is 17.0. The van der Waals surface area contributed by atoms with Gasteiger partial charge in [0.15, 0.2) is 17.3 Å². The Morgan fingerprint density at radius 1 is 1.06 bits per heavy atom. The van der Waals surface area contributed by atoms with Crippen LogP contribution in [0.2, 0.25) is 0 Å². The summed E-state index contributed by atoms with van der Waals surface area (Å²) in [5.41, 5.74) is 1.83. The number of nitrogens with one attached hydrogen (secondary N) is 2. The summed E-state index contributed by atoms with van der Waals surface area (Å²) in [6.07, 6.45) is 2.20. The first kappa shape index (κ1) is 23.6. The lowest BCUT2D eigenvalue weighted by Gasteiger charge is -2.10. The highest BCUT2D eigenvalue weighted by Crippen LogP contribution is 2.27. The highest BCUT2D eigenvalue weighted by molar-refractivity contribution is 6.03. The van der Waals surface area contributed by atoms with Gasteiger partial charge in [-0.25, -0.2) is 9.07 Å². The van der Waals surface area contributed by atoms with E-state index in [1.165, 1.54) is 30.5 Å². The third kappa shape index (κ3) is 5.49. The van der Waals surface area contributed by atoms with E-state index in [-0.39, 0.29) is 34.5 Å². The van der Waals surface area contributed by atoms with Crippen LogP contribution in [-0.2, 0) is 0 Å². The van der Waals surface area contributed by atoms with Crippen molar-refractivity contribution in [2.75, 3.05) is 11.9 Å². The molecule has 2 aromatic carbocycles. The first-order valence-electron chi connectivity index (χ1n) is 11.0. The molecule has 0 aliphatic rings.